The van der Waals surface area contributed by atoms with E-state index in [0.29, 0.717) is 24.5 Å². The molecule has 0 unspecified atom stereocenters. The van der Waals surface area contributed by atoms with Gasteiger partial charge in [-0.05, 0) is 42.7 Å². The molecule has 0 radical (unpaired) electrons. The van der Waals surface area contributed by atoms with Gasteiger partial charge in [0.1, 0.15) is 18.2 Å². The maximum Gasteiger partial charge on any atom is 0.257 e. The van der Waals surface area contributed by atoms with Crippen molar-refractivity contribution in [1.82, 2.24) is 19.4 Å². The zero-order valence-electron chi connectivity index (χ0n) is 17.0. The molecule has 1 aliphatic heterocycles. The lowest BCUT2D eigenvalue weighted by molar-refractivity contribution is 0.0699. The van der Waals surface area contributed by atoms with E-state index in [1.807, 2.05) is 53.7 Å². The molecule has 3 heterocycles. The van der Waals surface area contributed by atoms with Gasteiger partial charge in [0, 0.05) is 50.3 Å². The van der Waals surface area contributed by atoms with Crippen molar-refractivity contribution in [2.45, 2.75) is 25.3 Å². The number of hydrogen-bond acceptors (Lipinski definition) is 4. The second kappa shape index (κ2) is 9.39. The normalized spacial score (nSPS) is 16.3. The van der Waals surface area contributed by atoms with Gasteiger partial charge in [-0.2, -0.15) is 0 Å². The van der Waals surface area contributed by atoms with Crippen molar-refractivity contribution in [3.63, 3.8) is 0 Å². The van der Waals surface area contributed by atoms with E-state index in [9.17, 15) is 4.79 Å². The van der Waals surface area contributed by atoms with Crippen LogP contribution in [0.3, 0.4) is 0 Å². The van der Waals surface area contributed by atoms with Gasteiger partial charge in [0.2, 0.25) is 0 Å². The number of rotatable bonds is 7. The standard InChI is InChI=1S/C24H26N4O2/c1-2-16-30-22-8-4-3-7-21(22)24(29)28-14-5-6-20(18-28)23-26-13-15-27(23)17-19-9-11-25-12-10-19/h2-4,7-13,15,20H,1,5-6,14,16-18H2/t20-/m1/s1. The van der Waals surface area contributed by atoms with E-state index >= 15 is 0 Å². The predicted octanol–water partition coefficient (Wildman–Crippen LogP) is 3.91. The van der Waals surface area contributed by atoms with Crippen LogP contribution in [0.5, 0.6) is 5.75 Å². The summed E-state index contributed by atoms with van der Waals surface area (Å²) in [6, 6.07) is 11.4. The van der Waals surface area contributed by atoms with Gasteiger partial charge < -0.3 is 14.2 Å². The highest BCUT2D eigenvalue weighted by Gasteiger charge is 2.29. The van der Waals surface area contributed by atoms with Crippen LogP contribution < -0.4 is 4.74 Å². The minimum Gasteiger partial charge on any atom is -0.489 e. The summed E-state index contributed by atoms with van der Waals surface area (Å²) in [5.41, 5.74) is 1.78. The topological polar surface area (TPSA) is 60.2 Å². The highest BCUT2D eigenvalue weighted by Crippen LogP contribution is 2.29. The van der Waals surface area contributed by atoms with Crippen LogP contribution in [0.15, 0.2) is 73.8 Å². The Morgan fingerprint density at radius 2 is 2.03 bits per heavy atom. The van der Waals surface area contributed by atoms with Gasteiger partial charge in [0.15, 0.2) is 0 Å². The summed E-state index contributed by atoms with van der Waals surface area (Å²) in [5.74, 6) is 1.84. The number of hydrogen-bond donors (Lipinski definition) is 0. The molecule has 6 heteroatoms. The molecule has 154 valence electrons. The highest BCUT2D eigenvalue weighted by atomic mass is 16.5. The molecule has 1 saturated heterocycles. The predicted molar refractivity (Wildman–Crippen MR) is 116 cm³/mol. The summed E-state index contributed by atoms with van der Waals surface area (Å²) < 4.78 is 7.87. The summed E-state index contributed by atoms with van der Waals surface area (Å²) in [6.07, 6.45) is 11.1. The minimum absolute atomic E-state index is 0.00611. The number of para-hydroxylation sites is 1. The molecule has 2 aromatic heterocycles. The van der Waals surface area contributed by atoms with Crippen molar-refractivity contribution >= 4 is 5.91 Å². The number of ether oxygens (including phenoxy) is 1. The van der Waals surface area contributed by atoms with E-state index in [1.54, 1.807) is 18.5 Å². The Morgan fingerprint density at radius 3 is 2.87 bits per heavy atom. The molecule has 0 N–H and O–H groups in total. The van der Waals surface area contributed by atoms with Crippen LogP contribution in [-0.4, -0.2) is 45.0 Å². The number of carbonyl (C=O) groups excluding carboxylic acids is 1. The smallest absolute Gasteiger partial charge is 0.257 e. The Balaban J connectivity index is 1.50. The Bertz CT molecular complexity index is 999. The third kappa shape index (κ3) is 4.43. The first-order chi connectivity index (χ1) is 14.8. The van der Waals surface area contributed by atoms with Crippen molar-refractivity contribution in [2.75, 3.05) is 19.7 Å². The maximum atomic E-state index is 13.3. The molecule has 0 spiro atoms. The Labute approximate surface area is 176 Å². The molecule has 4 rings (SSSR count). The molecule has 1 aromatic carbocycles. The van der Waals surface area contributed by atoms with Gasteiger partial charge >= 0.3 is 0 Å². The van der Waals surface area contributed by atoms with Gasteiger partial charge in [-0.1, -0.05) is 24.8 Å². The molecule has 1 atom stereocenters. The third-order valence-electron chi connectivity index (χ3n) is 5.40. The molecule has 1 fully saturated rings. The fourth-order valence-electron chi connectivity index (χ4n) is 3.96. The third-order valence-corrected chi connectivity index (χ3v) is 5.40. The van der Waals surface area contributed by atoms with E-state index in [1.165, 1.54) is 5.56 Å². The van der Waals surface area contributed by atoms with E-state index in [-0.39, 0.29) is 11.8 Å². The Kier molecular flexibility index (Phi) is 6.23. The highest BCUT2D eigenvalue weighted by molar-refractivity contribution is 5.97. The summed E-state index contributed by atoms with van der Waals surface area (Å²) in [7, 11) is 0. The molecular weight excluding hydrogens is 376 g/mol. The monoisotopic (exact) mass is 402 g/mol. The van der Waals surface area contributed by atoms with Crippen LogP contribution in [0.1, 0.15) is 40.5 Å². The van der Waals surface area contributed by atoms with E-state index < -0.39 is 0 Å². The van der Waals surface area contributed by atoms with E-state index in [0.717, 1.165) is 31.8 Å². The fourth-order valence-corrected chi connectivity index (χ4v) is 3.96. The number of imidazole rings is 1. The van der Waals surface area contributed by atoms with Crippen LogP contribution in [0.4, 0.5) is 0 Å². The largest absolute Gasteiger partial charge is 0.489 e. The number of benzene rings is 1. The van der Waals surface area contributed by atoms with E-state index in [4.69, 9.17) is 4.74 Å². The second-order valence-electron chi connectivity index (χ2n) is 7.45. The molecule has 0 aliphatic carbocycles. The van der Waals surface area contributed by atoms with Crippen LogP contribution in [0.25, 0.3) is 0 Å². The number of amides is 1. The lowest BCUT2D eigenvalue weighted by Crippen LogP contribution is -2.40. The maximum absolute atomic E-state index is 13.3. The zero-order valence-corrected chi connectivity index (χ0v) is 17.0. The number of likely N-dealkylation sites (tertiary alicyclic amines) is 1. The lowest BCUT2D eigenvalue weighted by atomic mass is 9.96. The van der Waals surface area contributed by atoms with Crippen LogP contribution in [-0.2, 0) is 6.54 Å². The summed E-state index contributed by atoms with van der Waals surface area (Å²) in [6.45, 7) is 6.21. The molecule has 0 bridgehead atoms. The molecule has 1 amide bonds. The minimum atomic E-state index is 0.00611. The van der Waals surface area contributed by atoms with Gasteiger partial charge in [0.05, 0.1) is 5.56 Å². The average Bonchev–Trinajstić information content (AvgIpc) is 3.26. The first-order valence-corrected chi connectivity index (χ1v) is 10.3. The molecule has 3 aromatic rings. The molecule has 30 heavy (non-hydrogen) atoms. The zero-order chi connectivity index (χ0) is 20.8. The number of carbonyl (C=O) groups is 1. The van der Waals surface area contributed by atoms with Crippen LogP contribution in [0, 0.1) is 0 Å². The Hall–Kier alpha value is -3.41. The van der Waals surface area contributed by atoms with Crippen LogP contribution in [0.2, 0.25) is 0 Å². The van der Waals surface area contributed by atoms with Gasteiger partial charge in [-0.25, -0.2) is 4.98 Å². The first kappa shape index (κ1) is 19.9. The van der Waals surface area contributed by atoms with Gasteiger partial charge in [0.25, 0.3) is 5.91 Å². The number of nitrogens with zero attached hydrogens (tertiary/aromatic N) is 4. The quantitative estimate of drug-likeness (QED) is 0.562. The van der Waals surface area contributed by atoms with Gasteiger partial charge in [-0.15, -0.1) is 0 Å². The van der Waals surface area contributed by atoms with Crippen molar-refractivity contribution < 1.29 is 9.53 Å². The summed E-state index contributed by atoms with van der Waals surface area (Å²) in [4.78, 5) is 23.9. The van der Waals surface area contributed by atoms with Crippen molar-refractivity contribution in [2.24, 2.45) is 0 Å². The van der Waals surface area contributed by atoms with Crippen molar-refractivity contribution in [3.8, 4) is 5.75 Å². The molecular formula is C24H26N4O2. The molecule has 6 nitrogen and oxygen atoms in total. The first-order valence-electron chi connectivity index (χ1n) is 10.3. The van der Waals surface area contributed by atoms with Crippen molar-refractivity contribution in [1.29, 1.82) is 0 Å². The van der Waals surface area contributed by atoms with E-state index in [2.05, 4.69) is 21.1 Å². The number of aromatic nitrogens is 3. The SMILES string of the molecule is C=CCOc1ccccc1C(=O)N1CCC[C@@H](c2nccn2Cc2ccncc2)C1. The van der Waals surface area contributed by atoms with Crippen molar-refractivity contribution in [3.05, 3.63) is 90.8 Å². The average molecular weight is 402 g/mol. The number of piperidine rings is 1. The molecule has 1 aliphatic rings. The Morgan fingerprint density at radius 1 is 1.20 bits per heavy atom. The summed E-state index contributed by atoms with van der Waals surface area (Å²) >= 11 is 0. The second-order valence-corrected chi connectivity index (χ2v) is 7.45. The lowest BCUT2D eigenvalue weighted by Gasteiger charge is -2.33. The fraction of sp³-hybridized carbons (Fsp3) is 0.292. The molecule has 0 saturated carbocycles. The van der Waals surface area contributed by atoms with Gasteiger partial charge in [-0.3, -0.25) is 9.78 Å². The summed E-state index contributed by atoms with van der Waals surface area (Å²) in [5, 5.41) is 0. The number of pyridine rings is 1. The van der Waals surface area contributed by atoms with Crippen LogP contribution >= 0.6 is 0 Å².